The number of pyridine rings is 1. The highest BCUT2D eigenvalue weighted by Crippen LogP contribution is 2.28. The molecule has 0 radical (unpaired) electrons. The van der Waals surface area contributed by atoms with Gasteiger partial charge in [0.1, 0.15) is 6.10 Å². The summed E-state index contributed by atoms with van der Waals surface area (Å²) in [5, 5.41) is 15.0. The summed E-state index contributed by atoms with van der Waals surface area (Å²) in [5.74, 6) is -0.872. The average Bonchev–Trinajstić information content (AvgIpc) is 2.74. The molecule has 2 amide bonds. The van der Waals surface area contributed by atoms with Crippen molar-refractivity contribution >= 4 is 12.0 Å². The van der Waals surface area contributed by atoms with Gasteiger partial charge in [-0.2, -0.15) is 0 Å². The molecule has 1 unspecified atom stereocenters. The Hall–Kier alpha value is -2.93. The number of nitrogens with one attached hydrogen (secondary N) is 2. The second-order valence-electron chi connectivity index (χ2n) is 7.26. The molecule has 7 heteroatoms. The van der Waals surface area contributed by atoms with Gasteiger partial charge in [-0.15, -0.1) is 0 Å². The van der Waals surface area contributed by atoms with E-state index in [9.17, 15) is 9.59 Å². The van der Waals surface area contributed by atoms with Crippen LogP contribution in [0.2, 0.25) is 0 Å². The van der Waals surface area contributed by atoms with Crippen LogP contribution in [0.25, 0.3) is 0 Å². The second kappa shape index (κ2) is 10.6. The van der Waals surface area contributed by atoms with Gasteiger partial charge in [0.25, 0.3) is 0 Å². The standard InChI is InChI=1S/C22H27N3O4/c26-20(27)9-8-18(15-16-5-2-1-3-6-16)24-22(28)25-19-7-4-14-29-21(19)17-10-12-23-13-11-17/h1-3,5-6,10-13,18-19,21H,4,7-9,14-15H2,(H,26,27)(H2,24,25,28)/t18?,19-,21+/m0/s1. The van der Waals surface area contributed by atoms with Crippen molar-refractivity contribution in [3.8, 4) is 0 Å². The lowest BCUT2D eigenvalue weighted by Gasteiger charge is -2.33. The minimum absolute atomic E-state index is 0.00393. The molecule has 0 saturated carbocycles. The summed E-state index contributed by atoms with van der Waals surface area (Å²) in [6.45, 7) is 0.655. The third-order valence-corrected chi connectivity index (χ3v) is 5.04. The molecule has 1 saturated heterocycles. The van der Waals surface area contributed by atoms with Crippen LogP contribution in [-0.2, 0) is 16.0 Å². The van der Waals surface area contributed by atoms with E-state index in [1.54, 1.807) is 12.4 Å². The molecule has 7 nitrogen and oxygen atoms in total. The highest BCUT2D eigenvalue weighted by molar-refractivity contribution is 5.75. The molecule has 3 atom stereocenters. The summed E-state index contributed by atoms with van der Waals surface area (Å²) in [6.07, 6.45) is 5.85. The molecular weight excluding hydrogens is 370 g/mol. The van der Waals surface area contributed by atoms with Gasteiger partial charge in [-0.1, -0.05) is 30.3 Å². The fourth-order valence-corrected chi connectivity index (χ4v) is 3.63. The van der Waals surface area contributed by atoms with Gasteiger partial charge in [-0.25, -0.2) is 4.79 Å². The minimum Gasteiger partial charge on any atom is -0.481 e. The highest BCUT2D eigenvalue weighted by Gasteiger charge is 2.29. The number of carbonyl (C=O) groups is 2. The molecule has 1 aliphatic heterocycles. The predicted octanol–water partition coefficient (Wildman–Crippen LogP) is 3.08. The molecule has 3 rings (SSSR count). The smallest absolute Gasteiger partial charge is 0.315 e. The van der Waals surface area contributed by atoms with E-state index < -0.39 is 5.97 Å². The van der Waals surface area contributed by atoms with Crippen molar-refractivity contribution in [1.29, 1.82) is 0 Å². The maximum Gasteiger partial charge on any atom is 0.315 e. The van der Waals surface area contributed by atoms with Gasteiger partial charge in [0.15, 0.2) is 0 Å². The van der Waals surface area contributed by atoms with Gasteiger partial charge in [0.05, 0.1) is 6.04 Å². The molecule has 0 spiro atoms. The number of rotatable bonds is 8. The van der Waals surface area contributed by atoms with E-state index in [1.165, 1.54) is 0 Å². The molecule has 1 aromatic carbocycles. The third-order valence-electron chi connectivity index (χ3n) is 5.04. The number of aliphatic carboxylic acids is 1. The molecule has 0 bridgehead atoms. The van der Waals surface area contributed by atoms with E-state index in [-0.39, 0.29) is 30.6 Å². The topological polar surface area (TPSA) is 101 Å². The van der Waals surface area contributed by atoms with E-state index in [1.807, 2.05) is 42.5 Å². The van der Waals surface area contributed by atoms with Crippen molar-refractivity contribution in [2.45, 2.75) is 50.3 Å². The Morgan fingerprint density at radius 1 is 1.17 bits per heavy atom. The maximum absolute atomic E-state index is 12.7. The van der Waals surface area contributed by atoms with Crippen molar-refractivity contribution in [3.63, 3.8) is 0 Å². The number of aromatic nitrogens is 1. The molecule has 154 valence electrons. The quantitative estimate of drug-likeness (QED) is 0.636. The first kappa shape index (κ1) is 20.8. The number of nitrogens with zero attached hydrogens (tertiary/aromatic N) is 1. The Bertz CT molecular complexity index is 785. The molecule has 3 N–H and O–H groups in total. The first-order chi connectivity index (χ1) is 14.1. The van der Waals surface area contributed by atoms with Gasteiger partial charge < -0.3 is 20.5 Å². The zero-order chi connectivity index (χ0) is 20.5. The summed E-state index contributed by atoms with van der Waals surface area (Å²) in [4.78, 5) is 27.7. The first-order valence-corrected chi connectivity index (χ1v) is 9.96. The normalized spacial score (nSPS) is 19.9. The highest BCUT2D eigenvalue weighted by atomic mass is 16.5. The molecule has 0 aliphatic carbocycles. The van der Waals surface area contributed by atoms with Crippen molar-refractivity contribution in [3.05, 3.63) is 66.0 Å². The number of benzene rings is 1. The molecule has 1 fully saturated rings. The zero-order valence-corrected chi connectivity index (χ0v) is 16.3. The first-order valence-electron chi connectivity index (χ1n) is 9.96. The predicted molar refractivity (Wildman–Crippen MR) is 108 cm³/mol. The molecule has 2 heterocycles. The summed E-state index contributed by atoms with van der Waals surface area (Å²) in [5.41, 5.74) is 2.04. The molecule has 1 aromatic heterocycles. The molecule has 2 aromatic rings. The van der Waals surface area contributed by atoms with Gasteiger partial charge in [-0.3, -0.25) is 9.78 Å². The number of carboxylic acid groups (broad SMARTS) is 1. The number of ether oxygens (including phenoxy) is 1. The lowest BCUT2D eigenvalue weighted by molar-refractivity contribution is -0.137. The number of amides is 2. The van der Waals surface area contributed by atoms with Crippen LogP contribution in [0.15, 0.2) is 54.9 Å². The Balaban J connectivity index is 1.62. The van der Waals surface area contributed by atoms with E-state index in [0.717, 1.165) is 24.0 Å². The van der Waals surface area contributed by atoms with E-state index >= 15 is 0 Å². The van der Waals surface area contributed by atoms with Gasteiger partial charge in [0.2, 0.25) is 0 Å². The van der Waals surface area contributed by atoms with Crippen LogP contribution < -0.4 is 10.6 Å². The lowest BCUT2D eigenvalue weighted by Crippen LogP contribution is -2.50. The Kier molecular flexibility index (Phi) is 7.58. The Morgan fingerprint density at radius 3 is 2.66 bits per heavy atom. The number of urea groups is 1. The van der Waals surface area contributed by atoms with Crippen LogP contribution in [0.1, 0.15) is 42.9 Å². The second-order valence-corrected chi connectivity index (χ2v) is 7.26. The molecular formula is C22H27N3O4. The SMILES string of the molecule is O=C(O)CCC(Cc1ccccc1)NC(=O)N[C@H]1CCCO[C@@H]1c1ccncc1. The largest absolute Gasteiger partial charge is 0.481 e. The van der Waals surface area contributed by atoms with Crippen LogP contribution in [0, 0.1) is 0 Å². The van der Waals surface area contributed by atoms with Gasteiger partial charge in [0, 0.05) is 31.5 Å². The van der Waals surface area contributed by atoms with Crippen LogP contribution in [0.3, 0.4) is 0 Å². The van der Waals surface area contributed by atoms with Crippen molar-refractivity contribution in [2.24, 2.45) is 0 Å². The summed E-state index contributed by atoms with van der Waals surface area (Å²) in [6, 6.07) is 12.8. The number of carboxylic acids is 1. The van der Waals surface area contributed by atoms with Crippen LogP contribution in [-0.4, -0.2) is 40.8 Å². The summed E-state index contributed by atoms with van der Waals surface area (Å²) >= 11 is 0. The number of carbonyl (C=O) groups excluding carboxylic acids is 1. The molecule has 1 aliphatic rings. The average molecular weight is 397 g/mol. The maximum atomic E-state index is 12.7. The van der Waals surface area contributed by atoms with Crippen LogP contribution in [0.4, 0.5) is 4.79 Å². The van der Waals surface area contributed by atoms with Crippen LogP contribution >= 0.6 is 0 Å². The van der Waals surface area contributed by atoms with Gasteiger partial charge >= 0.3 is 12.0 Å². The summed E-state index contributed by atoms with van der Waals surface area (Å²) < 4.78 is 5.91. The zero-order valence-electron chi connectivity index (χ0n) is 16.3. The Labute approximate surface area is 170 Å². The van der Waals surface area contributed by atoms with E-state index in [2.05, 4.69) is 15.6 Å². The fraction of sp³-hybridized carbons (Fsp3) is 0.409. The van der Waals surface area contributed by atoms with Crippen LogP contribution in [0.5, 0.6) is 0 Å². The lowest BCUT2D eigenvalue weighted by atomic mass is 9.97. The third kappa shape index (κ3) is 6.57. The number of hydrogen-bond donors (Lipinski definition) is 3. The van der Waals surface area contributed by atoms with Crippen molar-refractivity contribution in [2.75, 3.05) is 6.61 Å². The number of hydrogen-bond acceptors (Lipinski definition) is 4. The fourth-order valence-electron chi connectivity index (χ4n) is 3.63. The summed E-state index contributed by atoms with van der Waals surface area (Å²) in [7, 11) is 0. The molecule has 29 heavy (non-hydrogen) atoms. The van der Waals surface area contributed by atoms with E-state index in [4.69, 9.17) is 9.84 Å². The monoisotopic (exact) mass is 397 g/mol. The minimum atomic E-state index is -0.872. The van der Waals surface area contributed by atoms with Crippen molar-refractivity contribution in [1.82, 2.24) is 15.6 Å². The van der Waals surface area contributed by atoms with E-state index in [0.29, 0.717) is 19.4 Å². The Morgan fingerprint density at radius 2 is 1.93 bits per heavy atom. The van der Waals surface area contributed by atoms with Crippen molar-refractivity contribution < 1.29 is 19.4 Å². The van der Waals surface area contributed by atoms with Gasteiger partial charge in [-0.05, 0) is 48.9 Å².